The number of aromatic nitrogens is 1. The van der Waals surface area contributed by atoms with Gasteiger partial charge in [0.15, 0.2) is 0 Å². The molecule has 0 saturated carbocycles. The first-order chi connectivity index (χ1) is 13.5. The van der Waals surface area contributed by atoms with Gasteiger partial charge in [0.1, 0.15) is 5.76 Å². The van der Waals surface area contributed by atoms with Crippen LogP contribution < -0.4 is 4.90 Å². The van der Waals surface area contributed by atoms with Gasteiger partial charge in [0.25, 0.3) is 0 Å². The Kier molecular flexibility index (Phi) is 5.17. The van der Waals surface area contributed by atoms with E-state index in [2.05, 4.69) is 10.1 Å². The molecule has 1 aromatic heterocycles. The third-order valence-electron chi connectivity index (χ3n) is 5.79. The van der Waals surface area contributed by atoms with Crippen LogP contribution in [0, 0.1) is 19.8 Å². The summed E-state index contributed by atoms with van der Waals surface area (Å²) in [6, 6.07) is 9.58. The van der Waals surface area contributed by atoms with Gasteiger partial charge in [0, 0.05) is 56.9 Å². The van der Waals surface area contributed by atoms with Crippen molar-refractivity contribution in [2.75, 3.05) is 37.6 Å². The van der Waals surface area contributed by atoms with E-state index in [1.165, 1.54) is 0 Å². The summed E-state index contributed by atoms with van der Waals surface area (Å²) in [6.07, 6.45) is 0.299. The largest absolute Gasteiger partial charge is 0.361 e. The molecule has 7 heteroatoms. The van der Waals surface area contributed by atoms with E-state index in [1.54, 1.807) is 4.90 Å². The average Bonchev–Trinajstić information content (AvgIpc) is 3.26. The molecule has 2 amide bonds. The Morgan fingerprint density at radius 1 is 1.14 bits per heavy atom. The lowest BCUT2D eigenvalue weighted by Crippen LogP contribution is -2.50. The van der Waals surface area contributed by atoms with Crippen LogP contribution in [0.3, 0.4) is 0 Å². The minimum Gasteiger partial charge on any atom is -0.361 e. The molecule has 28 heavy (non-hydrogen) atoms. The normalized spacial score (nSPS) is 20.8. The van der Waals surface area contributed by atoms with Crippen LogP contribution in [0.2, 0.25) is 0 Å². The first kappa shape index (κ1) is 18.7. The van der Waals surface area contributed by atoms with E-state index in [9.17, 15) is 9.59 Å². The zero-order chi connectivity index (χ0) is 19.7. The van der Waals surface area contributed by atoms with Gasteiger partial charge in [-0.25, -0.2) is 0 Å². The molecule has 2 fully saturated rings. The predicted molar refractivity (Wildman–Crippen MR) is 105 cm³/mol. The fourth-order valence-electron chi connectivity index (χ4n) is 4.07. The molecule has 3 heterocycles. The summed E-state index contributed by atoms with van der Waals surface area (Å²) < 4.78 is 5.24. The summed E-state index contributed by atoms with van der Waals surface area (Å²) in [6.45, 7) is 8.19. The van der Waals surface area contributed by atoms with Crippen molar-refractivity contribution in [2.45, 2.75) is 26.8 Å². The molecule has 2 aromatic rings. The van der Waals surface area contributed by atoms with Gasteiger partial charge in [0.2, 0.25) is 11.8 Å². The lowest BCUT2D eigenvalue weighted by molar-refractivity contribution is -0.137. The van der Waals surface area contributed by atoms with Crippen LogP contribution in [0.4, 0.5) is 5.69 Å². The van der Waals surface area contributed by atoms with Crippen molar-refractivity contribution in [1.29, 1.82) is 0 Å². The monoisotopic (exact) mass is 382 g/mol. The molecule has 0 bridgehead atoms. The van der Waals surface area contributed by atoms with Gasteiger partial charge < -0.3 is 14.3 Å². The van der Waals surface area contributed by atoms with Gasteiger partial charge in [-0.15, -0.1) is 0 Å². The highest BCUT2D eigenvalue weighted by Crippen LogP contribution is 2.26. The van der Waals surface area contributed by atoms with Crippen molar-refractivity contribution < 1.29 is 14.1 Å². The van der Waals surface area contributed by atoms with Crippen LogP contribution in [-0.2, 0) is 16.1 Å². The zero-order valence-electron chi connectivity index (χ0n) is 16.4. The number of carbonyl (C=O) groups excluding carboxylic acids is 2. The number of hydrogen-bond acceptors (Lipinski definition) is 5. The van der Waals surface area contributed by atoms with Crippen molar-refractivity contribution in [1.82, 2.24) is 15.0 Å². The summed E-state index contributed by atoms with van der Waals surface area (Å²) in [5.41, 5.74) is 2.94. The maximum Gasteiger partial charge on any atom is 0.228 e. The Balaban J connectivity index is 1.32. The number of amides is 2. The lowest BCUT2D eigenvalue weighted by Gasteiger charge is -2.35. The third kappa shape index (κ3) is 3.67. The van der Waals surface area contributed by atoms with Gasteiger partial charge >= 0.3 is 0 Å². The Bertz CT molecular complexity index is 836. The maximum absolute atomic E-state index is 13.0. The van der Waals surface area contributed by atoms with Crippen LogP contribution in [0.15, 0.2) is 34.9 Å². The van der Waals surface area contributed by atoms with Crippen LogP contribution in [0.1, 0.15) is 23.4 Å². The molecule has 7 nitrogen and oxygen atoms in total. The Morgan fingerprint density at radius 2 is 1.86 bits per heavy atom. The van der Waals surface area contributed by atoms with E-state index in [0.717, 1.165) is 42.3 Å². The molecular weight excluding hydrogens is 356 g/mol. The smallest absolute Gasteiger partial charge is 0.228 e. The summed E-state index contributed by atoms with van der Waals surface area (Å²) in [4.78, 5) is 31.3. The standard InChI is InChI=1S/C21H26N4O3/c1-15-19(16(2)28-22-15)14-23-8-10-24(11-9-23)21(27)17-12-20(26)25(13-17)18-6-4-3-5-7-18/h3-7,17H,8-14H2,1-2H3/t17-/m0/s1. The van der Waals surface area contributed by atoms with Crippen molar-refractivity contribution in [3.8, 4) is 0 Å². The topological polar surface area (TPSA) is 69.9 Å². The number of carbonyl (C=O) groups is 2. The zero-order valence-corrected chi connectivity index (χ0v) is 16.4. The molecule has 0 N–H and O–H groups in total. The maximum atomic E-state index is 13.0. The molecule has 1 aromatic carbocycles. The quantitative estimate of drug-likeness (QED) is 0.809. The number of nitrogens with zero attached hydrogens (tertiary/aromatic N) is 4. The van der Waals surface area contributed by atoms with Gasteiger partial charge in [-0.05, 0) is 26.0 Å². The molecule has 2 saturated heterocycles. The Morgan fingerprint density at radius 3 is 2.50 bits per heavy atom. The molecule has 0 aliphatic carbocycles. The second kappa shape index (κ2) is 7.75. The van der Waals surface area contributed by atoms with Crippen LogP contribution in [-0.4, -0.2) is 59.5 Å². The number of rotatable bonds is 4. The van der Waals surface area contributed by atoms with E-state index in [4.69, 9.17) is 4.52 Å². The molecule has 2 aliphatic rings. The summed E-state index contributed by atoms with van der Waals surface area (Å²) in [5, 5.41) is 4.01. The van der Waals surface area contributed by atoms with Gasteiger partial charge in [0.05, 0.1) is 11.6 Å². The molecule has 148 valence electrons. The number of benzene rings is 1. The SMILES string of the molecule is Cc1noc(C)c1CN1CCN(C(=O)[C@H]2CC(=O)N(c3ccccc3)C2)CC1. The summed E-state index contributed by atoms with van der Waals surface area (Å²) >= 11 is 0. The van der Waals surface area contributed by atoms with E-state index >= 15 is 0 Å². The van der Waals surface area contributed by atoms with Crippen LogP contribution in [0.25, 0.3) is 0 Å². The number of anilines is 1. The van der Waals surface area contributed by atoms with Gasteiger partial charge in [-0.1, -0.05) is 23.4 Å². The fraction of sp³-hybridized carbons (Fsp3) is 0.476. The minimum absolute atomic E-state index is 0.0293. The highest BCUT2D eigenvalue weighted by Gasteiger charge is 2.37. The first-order valence-corrected chi connectivity index (χ1v) is 9.81. The predicted octanol–water partition coefficient (Wildman–Crippen LogP) is 1.99. The molecule has 1 atom stereocenters. The van der Waals surface area contributed by atoms with E-state index in [0.29, 0.717) is 26.1 Å². The van der Waals surface area contributed by atoms with Crippen LogP contribution >= 0.6 is 0 Å². The molecule has 0 radical (unpaired) electrons. The number of para-hydroxylation sites is 1. The van der Waals surface area contributed by atoms with Crippen molar-refractivity contribution in [3.05, 3.63) is 47.3 Å². The van der Waals surface area contributed by atoms with E-state index < -0.39 is 0 Å². The van der Waals surface area contributed by atoms with Crippen LogP contribution in [0.5, 0.6) is 0 Å². The van der Waals surface area contributed by atoms with Crippen molar-refractivity contribution >= 4 is 17.5 Å². The molecule has 0 spiro atoms. The average molecular weight is 382 g/mol. The Hall–Kier alpha value is -2.67. The second-order valence-electron chi connectivity index (χ2n) is 7.65. The first-order valence-electron chi connectivity index (χ1n) is 9.81. The lowest BCUT2D eigenvalue weighted by atomic mass is 10.1. The minimum atomic E-state index is -0.248. The van der Waals surface area contributed by atoms with Gasteiger partial charge in [-0.2, -0.15) is 0 Å². The summed E-state index contributed by atoms with van der Waals surface area (Å²) in [5.74, 6) is 0.744. The number of hydrogen-bond donors (Lipinski definition) is 0. The second-order valence-corrected chi connectivity index (χ2v) is 7.65. The highest BCUT2D eigenvalue weighted by molar-refractivity contribution is 6.00. The van der Waals surface area contributed by atoms with Crippen molar-refractivity contribution in [3.63, 3.8) is 0 Å². The number of piperazine rings is 1. The molecule has 4 rings (SSSR count). The molecule has 2 aliphatic heterocycles. The Labute approximate surface area is 164 Å². The van der Waals surface area contributed by atoms with E-state index in [1.807, 2.05) is 49.1 Å². The molecule has 0 unspecified atom stereocenters. The number of aryl methyl sites for hydroxylation is 2. The third-order valence-corrected chi connectivity index (χ3v) is 5.79. The fourth-order valence-corrected chi connectivity index (χ4v) is 4.07. The molecular formula is C21H26N4O3. The highest BCUT2D eigenvalue weighted by atomic mass is 16.5. The summed E-state index contributed by atoms with van der Waals surface area (Å²) in [7, 11) is 0. The van der Waals surface area contributed by atoms with Gasteiger partial charge in [-0.3, -0.25) is 14.5 Å². The van der Waals surface area contributed by atoms with Crippen molar-refractivity contribution in [2.24, 2.45) is 5.92 Å². The van der Waals surface area contributed by atoms with E-state index in [-0.39, 0.29) is 17.7 Å².